The molecule has 0 unspecified atom stereocenters. The fourth-order valence-corrected chi connectivity index (χ4v) is 1.81. The van der Waals surface area contributed by atoms with Crippen LogP contribution in [0.4, 0.5) is 5.69 Å². The van der Waals surface area contributed by atoms with Crippen LogP contribution in [0.1, 0.15) is 17.7 Å². The first-order chi connectivity index (χ1) is 9.20. The zero-order valence-electron chi connectivity index (χ0n) is 10.4. The summed E-state index contributed by atoms with van der Waals surface area (Å²) in [6.07, 6.45) is 3.42. The topological polar surface area (TPSA) is 99.9 Å². The van der Waals surface area contributed by atoms with Crippen LogP contribution < -0.4 is 5.73 Å². The highest BCUT2D eigenvalue weighted by atomic mass is 16.6. The molecule has 0 atom stereocenters. The highest BCUT2D eigenvalue weighted by molar-refractivity contribution is 5.39. The second kappa shape index (κ2) is 6.05. The first-order valence-corrected chi connectivity index (χ1v) is 6.02. The minimum absolute atomic E-state index is 0.0986. The Balaban J connectivity index is 2.13. The minimum atomic E-state index is -0.387. The van der Waals surface area contributed by atoms with Gasteiger partial charge in [-0.05, 0) is 19.4 Å². The average molecular weight is 261 g/mol. The number of rotatable bonds is 6. The van der Waals surface area contributed by atoms with Gasteiger partial charge in [-0.2, -0.15) is 0 Å². The highest BCUT2D eigenvalue weighted by Crippen LogP contribution is 2.18. The summed E-state index contributed by atoms with van der Waals surface area (Å²) in [5.41, 5.74) is 6.99. The number of aromatic nitrogens is 3. The fraction of sp³-hybridized carbons (Fsp3) is 0.333. The number of nitrogens with two attached hydrogens (primary N) is 1. The molecule has 1 aromatic carbocycles. The van der Waals surface area contributed by atoms with Gasteiger partial charge >= 0.3 is 0 Å². The number of benzene rings is 1. The molecule has 0 aliphatic heterocycles. The molecule has 0 fully saturated rings. The van der Waals surface area contributed by atoms with Gasteiger partial charge in [0.1, 0.15) is 0 Å². The van der Waals surface area contributed by atoms with Crippen molar-refractivity contribution < 1.29 is 4.92 Å². The van der Waals surface area contributed by atoms with Crippen LogP contribution in [-0.4, -0.2) is 26.5 Å². The van der Waals surface area contributed by atoms with Gasteiger partial charge in [-0.3, -0.25) is 10.1 Å². The lowest BCUT2D eigenvalue weighted by molar-refractivity contribution is -0.385. The third-order valence-corrected chi connectivity index (χ3v) is 2.74. The first-order valence-electron chi connectivity index (χ1n) is 6.02. The highest BCUT2D eigenvalue weighted by Gasteiger charge is 2.13. The van der Waals surface area contributed by atoms with Gasteiger partial charge in [-0.1, -0.05) is 23.4 Å². The molecule has 100 valence electrons. The Morgan fingerprint density at radius 1 is 1.37 bits per heavy atom. The van der Waals surface area contributed by atoms with E-state index in [1.165, 1.54) is 6.07 Å². The third kappa shape index (κ3) is 3.35. The minimum Gasteiger partial charge on any atom is -0.330 e. The van der Waals surface area contributed by atoms with Crippen molar-refractivity contribution in [1.29, 1.82) is 0 Å². The summed E-state index contributed by atoms with van der Waals surface area (Å²) in [5, 5.41) is 18.9. The van der Waals surface area contributed by atoms with Crippen LogP contribution >= 0.6 is 0 Å². The molecule has 0 saturated heterocycles. The number of aryl methyl sites for hydroxylation is 1. The Morgan fingerprint density at radius 3 is 2.89 bits per heavy atom. The maximum Gasteiger partial charge on any atom is 0.274 e. The lowest BCUT2D eigenvalue weighted by Gasteiger charge is -2.01. The van der Waals surface area contributed by atoms with Gasteiger partial charge in [0, 0.05) is 12.3 Å². The van der Waals surface area contributed by atoms with Crippen LogP contribution in [0.25, 0.3) is 0 Å². The number of nitrogens with zero attached hydrogens (tertiary/aromatic N) is 4. The van der Waals surface area contributed by atoms with E-state index >= 15 is 0 Å². The molecule has 0 aliphatic rings. The number of nitro benzene ring substituents is 1. The zero-order chi connectivity index (χ0) is 13.7. The second-order valence-electron chi connectivity index (χ2n) is 4.19. The van der Waals surface area contributed by atoms with Crippen LogP contribution in [0.2, 0.25) is 0 Å². The van der Waals surface area contributed by atoms with E-state index in [1.54, 1.807) is 29.1 Å². The summed E-state index contributed by atoms with van der Waals surface area (Å²) in [5.74, 6) is 0. The van der Waals surface area contributed by atoms with Crippen molar-refractivity contribution >= 4 is 5.69 Å². The third-order valence-electron chi connectivity index (χ3n) is 2.74. The zero-order valence-corrected chi connectivity index (χ0v) is 10.4. The van der Waals surface area contributed by atoms with Crippen molar-refractivity contribution in [2.45, 2.75) is 19.4 Å². The smallest absolute Gasteiger partial charge is 0.274 e. The predicted molar refractivity (Wildman–Crippen MR) is 69.6 cm³/mol. The van der Waals surface area contributed by atoms with Gasteiger partial charge < -0.3 is 5.73 Å². The van der Waals surface area contributed by atoms with Crippen molar-refractivity contribution in [1.82, 2.24) is 15.0 Å². The molecule has 1 heterocycles. The average Bonchev–Trinajstić information content (AvgIpc) is 2.84. The molecule has 7 nitrogen and oxygen atoms in total. The molecule has 1 aromatic heterocycles. The fourth-order valence-electron chi connectivity index (χ4n) is 1.81. The van der Waals surface area contributed by atoms with E-state index in [1.807, 2.05) is 0 Å². The SMILES string of the molecule is NCCCc1cn(Cc2ccccc2[N+](=O)[O-])nn1. The molecule has 2 N–H and O–H groups in total. The molecule has 0 saturated carbocycles. The van der Waals surface area contributed by atoms with Crippen molar-refractivity contribution in [2.75, 3.05) is 6.54 Å². The largest absolute Gasteiger partial charge is 0.330 e. The van der Waals surface area contributed by atoms with Crippen molar-refractivity contribution in [2.24, 2.45) is 5.73 Å². The van der Waals surface area contributed by atoms with Crippen LogP contribution in [-0.2, 0) is 13.0 Å². The van der Waals surface area contributed by atoms with E-state index in [9.17, 15) is 10.1 Å². The van der Waals surface area contributed by atoms with Gasteiger partial charge in [0.15, 0.2) is 0 Å². The van der Waals surface area contributed by atoms with Crippen LogP contribution in [0.3, 0.4) is 0 Å². The van der Waals surface area contributed by atoms with Crippen molar-refractivity contribution in [3.05, 3.63) is 51.8 Å². The van der Waals surface area contributed by atoms with Gasteiger partial charge in [0.2, 0.25) is 0 Å². The van der Waals surface area contributed by atoms with E-state index in [2.05, 4.69) is 10.3 Å². The Bertz CT molecular complexity index is 567. The summed E-state index contributed by atoms with van der Waals surface area (Å²) in [7, 11) is 0. The number of nitro groups is 1. The van der Waals surface area contributed by atoms with E-state index in [0.717, 1.165) is 18.5 Å². The Hall–Kier alpha value is -2.28. The monoisotopic (exact) mass is 261 g/mol. The van der Waals surface area contributed by atoms with Crippen molar-refractivity contribution in [3.8, 4) is 0 Å². The standard InChI is InChI=1S/C12H15N5O2/c13-7-3-5-11-9-16(15-14-11)8-10-4-1-2-6-12(10)17(18)19/h1-2,4,6,9H,3,5,7-8,13H2. The van der Waals surface area contributed by atoms with Crippen LogP contribution in [0.5, 0.6) is 0 Å². The van der Waals surface area contributed by atoms with Gasteiger partial charge in [0.25, 0.3) is 5.69 Å². The normalized spacial score (nSPS) is 10.6. The molecule has 7 heteroatoms. The maximum atomic E-state index is 10.9. The molecule has 19 heavy (non-hydrogen) atoms. The Kier molecular flexibility index (Phi) is 4.19. The molecule has 0 bridgehead atoms. The van der Waals surface area contributed by atoms with Crippen LogP contribution in [0, 0.1) is 10.1 Å². The lowest BCUT2D eigenvalue weighted by atomic mass is 10.2. The molecule has 2 rings (SSSR count). The van der Waals surface area contributed by atoms with Crippen LogP contribution in [0.15, 0.2) is 30.5 Å². The van der Waals surface area contributed by atoms with E-state index < -0.39 is 0 Å². The number of para-hydroxylation sites is 1. The van der Waals surface area contributed by atoms with Crippen molar-refractivity contribution in [3.63, 3.8) is 0 Å². The lowest BCUT2D eigenvalue weighted by Crippen LogP contribution is -2.03. The summed E-state index contributed by atoms with van der Waals surface area (Å²) >= 11 is 0. The molecule has 0 spiro atoms. The number of hydrogen-bond donors (Lipinski definition) is 1. The summed E-state index contributed by atoms with van der Waals surface area (Å²) in [6, 6.07) is 6.63. The Labute approximate surface area is 110 Å². The van der Waals surface area contributed by atoms with E-state index in [4.69, 9.17) is 5.73 Å². The van der Waals surface area contributed by atoms with Gasteiger partial charge in [-0.15, -0.1) is 5.10 Å². The molecule has 0 radical (unpaired) electrons. The second-order valence-corrected chi connectivity index (χ2v) is 4.19. The summed E-state index contributed by atoms with van der Waals surface area (Å²) in [4.78, 5) is 10.5. The molecule has 2 aromatic rings. The maximum absolute atomic E-state index is 10.9. The summed E-state index contributed by atoms with van der Waals surface area (Å²) < 4.78 is 1.61. The van der Waals surface area contributed by atoms with Gasteiger partial charge in [0.05, 0.1) is 22.7 Å². The molecule has 0 amide bonds. The molecule has 0 aliphatic carbocycles. The van der Waals surface area contributed by atoms with Gasteiger partial charge in [-0.25, -0.2) is 4.68 Å². The predicted octanol–water partition coefficient (Wildman–Crippen LogP) is 1.13. The first kappa shape index (κ1) is 13.2. The summed E-state index contributed by atoms with van der Waals surface area (Å²) in [6.45, 7) is 0.948. The quantitative estimate of drug-likeness (QED) is 0.620. The Morgan fingerprint density at radius 2 is 2.16 bits per heavy atom. The van der Waals surface area contributed by atoms with E-state index in [0.29, 0.717) is 18.7 Å². The molecular formula is C12H15N5O2. The van der Waals surface area contributed by atoms with E-state index in [-0.39, 0.29) is 10.6 Å². The number of hydrogen-bond acceptors (Lipinski definition) is 5. The molecular weight excluding hydrogens is 246 g/mol.